The fourth-order valence-corrected chi connectivity index (χ4v) is 5.21. The first-order chi connectivity index (χ1) is 10.1. The Kier molecular flexibility index (Phi) is 3.84. The topological polar surface area (TPSA) is 55.8 Å². The first-order valence-electron chi connectivity index (χ1n) is 7.28. The van der Waals surface area contributed by atoms with E-state index < -0.39 is 10.0 Å². The minimum absolute atomic E-state index is 0.228. The van der Waals surface area contributed by atoms with Gasteiger partial charge in [0.05, 0.1) is 14.2 Å². The lowest BCUT2D eigenvalue weighted by molar-refractivity contribution is 0.382. The van der Waals surface area contributed by atoms with Crippen LogP contribution in [-0.4, -0.2) is 40.0 Å². The summed E-state index contributed by atoms with van der Waals surface area (Å²) in [6.07, 6.45) is 3.53. The van der Waals surface area contributed by atoms with Gasteiger partial charge in [-0.3, -0.25) is 0 Å². The summed E-state index contributed by atoms with van der Waals surface area (Å²) in [6.45, 7) is 1.28. The van der Waals surface area contributed by atoms with Crippen molar-refractivity contribution in [3.05, 3.63) is 18.2 Å². The molecular weight excluding hydrogens is 290 g/mol. The summed E-state index contributed by atoms with van der Waals surface area (Å²) in [6, 6.07) is 4.84. The molecule has 0 radical (unpaired) electrons. The van der Waals surface area contributed by atoms with Crippen LogP contribution >= 0.6 is 0 Å². The second kappa shape index (κ2) is 5.50. The van der Waals surface area contributed by atoms with Crippen LogP contribution in [0, 0.1) is 11.8 Å². The molecule has 0 spiro atoms. The fourth-order valence-electron chi connectivity index (χ4n) is 3.52. The summed E-state index contributed by atoms with van der Waals surface area (Å²) in [5.74, 6) is 1.99. The minimum atomic E-state index is -3.50. The molecule has 3 rings (SSSR count). The first-order valence-corrected chi connectivity index (χ1v) is 8.72. The van der Waals surface area contributed by atoms with Crippen LogP contribution in [0.4, 0.5) is 0 Å². The molecule has 116 valence electrons. The van der Waals surface area contributed by atoms with Crippen LogP contribution in [0.1, 0.15) is 19.3 Å². The molecule has 0 N–H and O–H groups in total. The van der Waals surface area contributed by atoms with Crippen molar-refractivity contribution in [1.29, 1.82) is 0 Å². The van der Waals surface area contributed by atoms with E-state index in [-0.39, 0.29) is 4.90 Å². The molecule has 1 saturated carbocycles. The molecule has 2 aliphatic rings. The van der Waals surface area contributed by atoms with Gasteiger partial charge in [-0.25, -0.2) is 8.42 Å². The molecule has 2 fully saturated rings. The molecule has 6 heteroatoms. The number of hydrogen-bond donors (Lipinski definition) is 0. The number of nitrogens with zero attached hydrogens (tertiary/aromatic N) is 1. The average molecular weight is 311 g/mol. The standard InChI is InChI=1S/C15H21NO4S/c1-19-13-6-7-15(14(8-13)20-2)21(17,18)16-9-11-4-3-5-12(11)10-16/h6-8,11-12H,3-5,9-10H2,1-2H3. The fraction of sp³-hybridized carbons (Fsp3) is 0.600. The zero-order valence-corrected chi connectivity index (χ0v) is 13.2. The van der Waals surface area contributed by atoms with Crippen molar-refractivity contribution in [2.75, 3.05) is 27.3 Å². The third-order valence-corrected chi connectivity index (χ3v) is 6.55. The molecule has 1 aromatic rings. The van der Waals surface area contributed by atoms with Gasteiger partial charge in [0, 0.05) is 19.2 Å². The van der Waals surface area contributed by atoms with Gasteiger partial charge in [0.25, 0.3) is 0 Å². The Balaban J connectivity index is 1.92. The van der Waals surface area contributed by atoms with Gasteiger partial charge in [0.15, 0.2) is 0 Å². The van der Waals surface area contributed by atoms with E-state index in [1.54, 1.807) is 29.6 Å². The Labute approximate surface area is 125 Å². The zero-order valence-electron chi connectivity index (χ0n) is 12.4. The molecule has 21 heavy (non-hydrogen) atoms. The highest BCUT2D eigenvalue weighted by molar-refractivity contribution is 7.89. The molecule has 1 saturated heterocycles. The van der Waals surface area contributed by atoms with Gasteiger partial charge in [0.2, 0.25) is 10.0 Å². The van der Waals surface area contributed by atoms with Crippen LogP contribution in [0.5, 0.6) is 11.5 Å². The Morgan fingerprint density at radius 1 is 1.10 bits per heavy atom. The van der Waals surface area contributed by atoms with E-state index in [1.807, 2.05) is 0 Å². The van der Waals surface area contributed by atoms with E-state index in [0.717, 1.165) is 12.8 Å². The van der Waals surface area contributed by atoms with Gasteiger partial charge >= 0.3 is 0 Å². The molecule has 1 aliphatic heterocycles. The minimum Gasteiger partial charge on any atom is -0.497 e. The summed E-state index contributed by atoms with van der Waals surface area (Å²) in [5, 5.41) is 0. The highest BCUT2D eigenvalue weighted by Gasteiger charge is 2.42. The van der Waals surface area contributed by atoms with Crippen LogP contribution < -0.4 is 9.47 Å². The second-order valence-electron chi connectivity index (χ2n) is 5.79. The number of hydrogen-bond acceptors (Lipinski definition) is 4. The van der Waals surface area contributed by atoms with E-state index in [1.165, 1.54) is 13.5 Å². The molecule has 0 bridgehead atoms. The van der Waals surface area contributed by atoms with Gasteiger partial charge in [-0.1, -0.05) is 6.42 Å². The number of benzene rings is 1. The van der Waals surface area contributed by atoms with Gasteiger partial charge in [-0.05, 0) is 36.8 Å². The molecule has 1 heterocycles. The maximum absolute atomic E-state index is 12.9. The largest absolute Gasteiger partial charge is 0.497 e. The predicted octanol–water partition coefficient (Wildman–Crippen LogP) is 2.12. The van der Waals surface area contributed by atoms with Crippen LogP contribution in [0.25, 0.3) is 0 Å². The lowest BCUT2D eigenvalue weighted by Gasteiger charge is -2.19. The van der Waals surface area contributed by atoms with Crippen LogP contribution in [0.15, 0.2) is 23.1 Å². The molecule has 2 unspecified atom stereocenters. The number of ether oxygens (including phenoxy) is 2. The molecule has 1 aliphatic carbocycles. The Bertz CT molecular complexity index is 617. The summed E-state index contributed by atoms with van der Waals surface area (Å²) in [4.78, 5) is 0.228. The van der Waals surface area contributed by atoms with Gasteiger partial charge in [0.1, 0.15) is 16.4 Å². The molecule has 1 aromatic carbocycles. The smallest absolute Gasteiger partial charge is 0.246 e. The Morgan fingerprint density at radius 2 is 1.76 bits per heavy atom. The highest BCUT2D eigenvalue weighted by atomic mass is 32.2. The molecule has 5 nitrogen and oxygen atoms in total. The van der Waals surface area contributed by atoms with Crippen molar-refractivity contribution in [2.24, 2.45) is 11.8 Å². The van der Waals surface area contributed by atoms with E-state index in [2.05, 4.69) is 0 Å². The van der Waals surface area contributed by atoms with Crippen molar-refractivity contribution in [1.82, 2.24) is 4.31 Å². The molecule has 2 atom stereocenters. The number of fused-ring (bicyclic) bond motifs is 1. The van der Waals surface area contributed by atoms with Crippen molar-refractivity contribution in [2.45, 2.75) is 24.2 Å². The number of methoxy groups -OCH3 is 2. The predicted molar refractivity (Wildman–Crippen MR) is 79.1 cm³/mol. The van der Waals surface area contributed by atoms with Crippen LogP contribution in [0.3, 0.4) is 0 Å². The van der Waals surface area contributed by atoms with Crippen LogP contribution in [0.2, 0.25) is 0 Å². The van der Waals surface area contributed by atoms with E-state index >= 15 is 0 Å². The summed E-state index contributed by atoms with van der Waals surface area (Å²) in [7, 11) is -0.471. The monoisotopic (exact) mass is 311 g/mol. The van der Waals surface area contributed by atoms with Crippen LogP contribution in [-0.2, 0) is 10.0 Å². The average Bonchev–Trinajstić information content (AvgIpc) is 3.08. The molecular formula is C15H21NO4S. The molecule has 0 amide bonds. The number of sulfonamides is 1. The van der Waals surface area contributed by atoms with E-state index in [0.29, 0.717) is 36.4 Å². The van der Waals surface area contributed by atoms with E-state index in [4.69, 9.17) is 9.47 Å². The summed E-state index contributed by atoms with van der Waals surface area (Å²) >= 11 is 0. The number of rotatable bonds is 4. The van der Waals surface area contributed by atoms with Crippen molar-refractivity contribution in [3.8, 4) is 11.5 Å². The maximum atomic E-state index is 12.9. The van der Waals surface area contributed by atoms with Crippen molar-refractivity contribution < 1.29 is 17.9 Å². The summed E-state index contributed by atoms with van der Waals surface area (Å²) in [5.41, 5.74) is 0. The Hall–Kier alpha value is -1.27. The quantitative estimate of drug-likeness (QED) is 0.855. The lowest BCUT2D eigenvalue weighted by Crippen LogP contribution is -2.30. The SMILES string of the molecule is COc1ccc(S(=O)(=O)N2CC3CCCC3C2)c(OC)c1. The van der Waals surface area contributed by atoms with Gasteiger partial charge in [-0.15, -0.1) is 0 Å². The summed E-state index contributed by atoms with van der Waals surface area (Å²) < 4.78 is 37.7. The molecule has 0 aromatic heterocycles. The van der Waals surface area contributed by atoms with Crippen molar-refractivity contribution in [3.63, 3.8) is 0 Å². The third-order valence-electron chi connectivity index (χ3n) is 4.68. The highest BCUT2D eigenvalue weighted by Crippen LogP contribution is 2.41. The normalized spacial score (nSPS) is 25.8. The maximum Gasteiger partial charge on any atom is 0.246 e. The Morgan fingerprint density at radius 3 is 2.33 bits per heavy atom. The van der Waals surface area contributed by atoms with E-state index in [9.17, 15) is 8.42 Å². The van der Waals surface area contributed by atoms with Gasteiger partial charge in [-0.2, -0.15) is 4.31 Å². The third kappa shape index (κ3) is 2.51. The zero-order chi connectivity index (χ0) is 15.0. The second-order valence-corrected chi connectivity index (χ2v) is 7.70. The van der Waals surface area contributed by atoms with Gasteiger partial charge < -0.3 is 9.47 Å². The lowest BCUT2D eigenvalue weighted by atomic mass is 10.0. The first kappa shape index (κ1) is 14.7. The van der Waals surface area contributed by atoms with Crippen molar-refractivity contribution >= 4 is 10.0 Å².